The maximum atomic E-state index is 5.74. The molecule has 0 unspecified atom stereocenters. The number of para-hydroxylation sites is 1. The average Bonchev–Trinajstić information content (AvgIpc) is 3.26. The maximum absolute atomic E-state index is 5.74. The van der Waals surface area contributed by atoms with Crippen LogP contribution >= 0.6 is 11.3 Å². The first-order valence-corrected chi connectivity index (χ1v) is 8.55. The number of benzene rings is 2. The van der Waals surface area contributed by atoms with E-state index in [0.717, 1.165) is 22.2 Å². The van der Waals surface area contributed by atoms with Gasteiger partial charge in [0.1, 0.15) is 0 Å². The monoisotopic (exact) mass is 345 g/mol. The fraction of sp³-hybridized carbons (Fsp3) is 0. The van der Waals surface area contributed by atoms with Crippen LogP contribution in [0.5, 0.6) is 0 Å². The van der Waals surface area contributed by atoms with Gasteiger partial charge >= 0.3 is 5.68 Å². The van der Waals surface area contributed by atoms with Crippen LogP contribution in [0.2, 0.25) is 0 Å². The number of H-pyrrole nitrogens is 1. The number of rotatable bonds is 2. The highest BCUT2D eigenvalue weighted by atomic mass is 32.1. The molecule has 0 radical (unpaired) electrons. The Morgan fingerprint density at radius 1 is 0.960 bits per heavy atom. The summed E-state index contributed by atoms with van der Waals surface area (Å²) in [5, 5.41) is 11.8. The van der Waals surface area contributed by atoms with E-state index < -0.39 is 0 Å². The van der Waals surface area contributed by atoms with E-state index in [1.165, 1.54) is 11.3 Å². The van der Waals surface area contributed by atoms with Gasteiger partial charge in [0.25, 0.3) is 0 Å². The van der Waals surface area contributed by atoms with Crippen LogP contribution < -0.4 is 5.68 Å². The number of aromatic nitrogens is 4. The molecule has 0 atom stereocenters. The molecule has 0 saturated heterocycles. The van der Waals surface area contributed by atoms with Gasteiger partial charge in [0.15, 0.2) is 5.52 Å². The lowest BCUT2D eigenvalue weighted by Crippen LogP contribution is -2.07. The molecule has 1 N–H and O–H groups in total. The molecule has 0 saturated carbocycles. The standard InChI is InChI=1S/C18H11N5OS/c1-2-6-11(7-3-1)14-10-25-18(20-14)21-17-23-22-15-12-8-4-5-9-13(12)19-16(15)24-17/h1-10,19H/b21-17+. The Kier molecular flexibility index (Phi) is 3.17. The third-order valence-electron chi connectivity index (χ3n) is 3.83. The summed E-state index contributed by atoms with van der Waals surface area (Å²) in [6.45, 7) is 0. The lowest BCUT2D eigenvalue weighted by molar-refractivity contribution is 0.491. The van der Waals surface area contributed by atoms with Gasteiger partial charge in [0.05, 0.1) is 11.2 Å². The second-order valence-corrected chi connectivity index (χ2v) is 6.26. The molecule has 2 aromatic carbocycles. The van der Waals surface area contributed by atoms with Crippen LogP contribution in [-0.2, 0) is 0 Å². The minimum atomic E-state index is 0.174. The Hall–Kier alpha value is -3.32. The molecular weight excluding hydrogens is 334 g/mol. The summed E-state index contributed by atoms with van der Waals surface area (Å²) in [7, 11) is 0. The molecule has 0 aliphatic heterocycles. The Labute approximate surface area is 145 Å². The van der Waals surface area contributed by atoms with E-state index in [0.29, 0.717) is 16.4 Å². The minimum absolute atomic E-state index is 0.174. The van der Waals surface area contributed by atoms with E-state index in [2.05, 4.69) is 25.2 Å². The second kappa shape index (κ2) is 5.64. The molecule has 6 nitrogen and oxygen atoms in total. The first-order valence-electron chi connectivity index (χ1n) is 7.67. The Bertz CT molecular complexity index is 1250. The highest BCUT2D eigenvalue weighted by Crippen LogP contribution is 2.26. The van der Waals surface area contributed by atoms with Gasteiger partial charge in [0.2, 0.25) is 10.8 Å². The molecule has 120 valence electrons. The molecule has 0 aliphatic carbocycles. The van der Waals surface area contributed by atoms with E-state index in [9.17, 15) is 0 Å². The van der Waals surface area contributed by atoms with Crippen LogP contribution in [0.3, 0.4) is 0 Å². The predicted molar refractivity (Wildman–Crippen MR) is 96.4 cm³/mol. The fourth-order valence-corrected chi connectivity index (χ4v) is 3.35. The number of nitrogens with one attached hydrogen (secondary N) is 1. The lowest BCUT2D eigenvalue weighted by Gasteiger charge is -1.93. The summed E-state index contributed by atoms with van der Waals surface area (Å²) >= 11 is 1.43. The van der Waals surface area contributed by atoms with Gasteiger partial charge in [-0.1, -0.05) is 53.6 Å². The smallest absolute Gasteiger partial charge is 0.345 e. The lowest BCUT2D eigenvalue weighted by atomic mass is 10.2. The molecule has 0 fully saturated rings. The van der Waals surface area contributed by atoms with Crippen molar-refractivity contribution in [2.24, 2.45) is 4.99 Å². The van der Waals surface area contributed by atoms with E-state index in [1.807, 2.05) is 60.0 Å². The van der Waals surface area contributed by atoms with Crippen molar-refractivity contribution in [3.8, 4) is 11.3 Å². The molecule has 0 aliphatic rings. The summed E-state index contributed by atoms with van der Waals surface area (Å²) in [5.74, 6) is 0. The quantitative estimate of drug-likeness (QED) is 0.523. The van der Waals surface area contributed by atoms with Gasteiger partial charge in [-0.3, -0.25) is 0 Å². The molecule has 5 rings (SSSR count). The van der Waals surface area contributed by atoms with Crippen molar-refractivity contribution in [1.82, 2.24) is 20.2 Å². The van der Waals surface area contributed by atoms with Gasteiger partial charge in [-0.25, -0.2) is 4.98 Å². The van der Waals surface area contributed by atoms with Crippen molar-refractivity contribution in [1.29, 1.82) is 0 Å². The highest BCUT2D eigenvalue weighted by Gasteiger charge is 2.08. The van der Waals surface area contributed by atoms with Crippen molar-refractivity contribution in [2.45, 2.75) is 0 Å². The van der Waals surface area contributed by atoms with Crippen LogP contribution in [0.4, 0.5) is 5.13 Å². The zero-order valence-electron chi connectivity index (χ0n) is 12.9. The van der Waals surface area contributed by atoms with Crippen LogP contribution in [0, 0.1) is 0 Å². The summed E-state index contributed by atoms with van der Waals surface area (Å²) in [4.78, 5) is 12.1. The number of aromatic amines is 1. The van der Waals surface area contributed by atoms with Crippen LogP contribution in [0.15, 0.2) is 69.4 Å². The normalized spacial score (nSPS) is 12.2. The van der Waals surface area contributed by atoms with Gasteiger partial charge in [-0.05, 0) is 6.07 Å². The second-order valence-electron chi connectivity index (χ2n) is 5.43. The SMILES string of the molecule is c1ccc(-c2csc(/N=c3\nnc4c([nH]c5ccccc54)o3)n2)cc1. The fourth-order valence-electron chi connectivity index (χ4n) is 2.66. The number of fused-ring (bicyclic) bond motifs is 3. The van der Waals surface area contributed by atoms with Crippen LogP contribution in [0.1, 0.15) is 0 Å². The van der Waals surface area contributed by atoms with Gasteiger partial charge in [-0.2, -0.15) is 4.99 Å². The number of thiazole rings is 1. The minimum Gasteiger partial charge on any atom is -0.404 e. The van der Waals surface area contributed by atoms with Crippen molar-refractivity contribution in [3.63, 3.8) is 0 Å². The molecular formula is C18H11N5OS. The molecule has 7 heteroatoms. The van der Waals surface area contributed by atoms with E-state index >= 15 is 0 Å². The molecule has 3 aromatic heterocycles. The summed E-state index contributed by atoms with van der Waals surface area (Å²) in [5.41, 5.74) is 4.30. The molecule has 3 heterocycles. The molecule has 5 aromatic rings. The van der Waals surface area contributed by atoms with E-state index in [4.69, 9.17) is 4.42 Å². The first kappa shape index (κ1) is 14.1. The molecule has 0 amide bonds. The van der Waals surface area contributed by atoms with E-state index in [-0.39, 0.29) is 5.68 Å². The summed E-state index contributed by atoms with van der Waals surface area (Å²) in [6, 6.07) is 17.8. The highest BCUT2D eigenvalue weighted by molar-refractivity contribution is 7.13. The number of hydrogen-bond acceptors (Lipinski definition) is 6. The average molecular weight is 345 g/mol. The molecule has 0 spiro atoms. The Morgan fingerprint density at radius 3 is 2.72 bits per heavy atom. The summed E-state index contributed by atoms with van der Waals surface area (Å²) in [6.07, 6.45) is 0. The third-order valence-corrected chi connectivity index (χ3v) is 4.56. The van der Waals surface area contributed by atoms with Crippen molar-refractivity contribution in [2.75, 3.05) is 0 Å². The van der Waals surface area contributed by atoms with Crippen molar-refractivity contribution >= 4 is 38.6 Å². The first-order chi connectivity index (χ1) is 12.4. The molecule has 25 heavy (non-hydrogen) atoms. The van der Waals surface area contributed by atoms with E-state index in [1.54, 1.807) is 0 Å². The van der Waals surface area contributed by atoms with Gasteiger partial charge in [0, 0.05) is 16.3 Å². The molecule has 0 bridgehead atoms. The van der Waals surface area contributed by atoms with Gasteiger partial charge < -0.3 is 9.40 Å². The van der Waals surface area contributed by atoms with Gasteiger partial charge in [-0.15, -0.1) is 16.4 Å². The number of hydrogen-bond donors (Lipinski definition) is 1. The van der Waals surface area contributed by atoms with Crippen molar-refractivity contribution in [3.05, 3.63) is 65.7 Å². The summed E-state index contributed by atoms with van der Waals surface area (Å²) < 4.78 is 5.74. The zero-order chi connectivity index (χ0) is 16.6. The Morgan fingerprint density at radius 2 is 1.80 bits per heavy atom. The zero-order valence-corrected chi connectivity index (χ0v) is 13.7. The number of nitrogens with zero attached hydrogens (tertiary/aromatic N) is 4. The topological polar surface area (TPSA) is 80.0 Å². The third kappa shape index (κ3) is 2.50. The van der Waals surface area contributed by atoms with Crippen LogP contribution in [0.25, 0.3) is 33.4 Å². The maximum Gasteiger partial charge on any atom is 0.345 e. The largest absolute Gasteiger partial charge is 0.404 e. The van der Waals surface area contributed by atoms with Crippen molar-refractivity contribution < 1.29 is 4.42 Å². The Balaban J connectivity index is 1.58. The predicted octanol–water partition coefficient (Wildman–Crippen LogP) is 4.06. The van der Waals surface area contributed by atoms with Crippen LogP contribution in [-0.4, -0.2) is 20.2 Å².